The van der Waals surface area contributed by atoms with E-state index in [1.165, 1.54) is 0 Å². The van der Waals surface area contributed by atoms with Gasteiger partial charge in [-0.05, 0) is 5.56 Å². The van der Waals surface area contributed by atoms with Gasteiger partial charge in [-0.25, -0.2) is 4.79 Å². The summed E-state index contributed by atoms with van der Waals surface area (Å²) in [6.07, 6.45) is 0. The van der Waals surface area contributed by atoms with Gasteiger partial charge in [-0.1, -0.05) is 30.3 Å². The van der Waals surface area contributed by atoms with Crippen molar-refractivity contribution in [1.29, 1.82) is 0 Å². The molecule has 1 aliphatic heterocycles. The molecule has 6 heteroatoms. The molecule has 0 bridgehead atoms. The molecule has 3 amide bonds. The van der Waals surface area contributed by atoms with E-state index in [1.54, 1.807) is 0 Å². The molecule has 0 radical (unpaired) electrons. The van der Waals surface area contributed by atoms with Gasteiger partial charge in [0.2, 0.25) is 0 Å². The third kappa shape index (κ3) is 2.85. The topological polar surface area (TPSA) is 75.7 Å². The SMILES string of the molecule is O=C(CN1C(=O)CNC1=O)OCc1ccccc1. The molecule has 0 saturated carbocycles. The van der Waals surface area contributed by atoms with Gasteiger partial charge < -0.3 is 10.1 Å². The van der Waals surface area contributed by atoms with E-state index in [0.29, 0.717) is 0 Å². The number of benzene rings is 1. The molecular formula is C12H12N2O4. The fourth-order valence-corrected chi connectivity index (χ4v) is 1.53. The number of ether oxygens (including phenoxy) is 1. The van der Waals surface area contributed by atoms with E-state index >= 15 is 0 Å². The summed E-state index contributed by atoms with van der Waals surface area (Å²) in [5, 5.41) is 2.33. The number of nitrogens with one attached hydrogen (secondary N) is 1. The lowest BCUT2D eigenvalue weighted by Gasteiger charge is -2.11. The van der Waals surface area contributed by atoms with Crippen molar-refractivity contribution in [2.45, 2.75) is 6.61 Å². The Bertz CT molecular complexity index is 456. The first-order chi connectivity index (χ1) is 8.66. The highest BCUT2D eigenvalue weighted by Crippen LogP contribution is 2.03. The van der Waals surface area contributed by atoms with Crippen LogP contribution in [0.3, 0.4) is 0 Å². The minimum atomic E-state index is -0.607. The van der Waals surface area contributed by atoms with Crippen molar-refractivity contribution in [2.24, 2.45) is 0 Å². The zero-order valence-corrected chi connectivity index (χ0v) is 9.59. The van der Waals surface area contributed by atoms with Crippen LogP contribution in [0.25, 0.3) is 0 Å². The van der Waals surface area contributed by atoms with Gasteiger partial charge in [-0.15, -0.1) is 0 Å². The predicted molar refractivity (Wildman–Crippen MR) is 61.3 cm³/mol. The summed E-state index contributed by atoms with van der Waals surface area (Å²) in [6, 6.07) is 8.61. The van der Waals surface area contributed by atoms with Gasteiger partial charge in [0.05, 0.1) is 6.54 Å². The van der Waals surface area contributed by atoms with Crippen LogP contribution in [0.5, 0.6) is 0 Å². The van der Waals surface area contributed by atoms with Crippen molar-refractivity contribution >= 4 is 17.9 Å². The van der Waals surface area contributed by atoms with Gasteiger partial charge in [0.15, 0.2) is 0 Å². The Balaban J connectivity index is 1.82. The number of urea groups is 1. The summed E-state index contributed by atoms with van der Waals surface area (Å²) in [5.74, 6) is -1.03. The summed E-state index contributed by atoms with van der Waals surface area (Å²) < 4.78 is 4.97. The summed E-state index contributed by atoms with van der Waals surface area (Å²) in [6.45, 7) is -0.286. The molecule has 6 nitrogen and oxygen atoms in total. The van der Waals surface area contributed by atoms with Crippen LogP contribution in [-0.4, -0.2) is 35.9 Å². The van der Waals surface area contributed by atoms with Crippen LogP contribution >= 0.6 is 0 Å². The number of hydrogen-bond donors (Lipinski definition) is 1. The summed E-state index contributed by atoms with van der Waals surface area (Å²) in [7, 11) is 0. The molecule has 1 fully saturated rings. The lowest BCUT2D eigenvalue weighted by atomic mass is 10.2. The van der Waals surface area contributed by atoms with Crippen LogP contribution in [0.1, 0.15) is 5.56 Å². The van der Waals surface area contributed by atoms with Crippen LogP contribution in [0, 0.1) is 0 Å². The van der Waals surface area contributed by atoms with Gasteiger partial charge >= 0.3 is 12.0 Å². The zero-order valence-electron chi connectivity index (χ0n) is 9.59. The van der Waals surface area contributed by atoms with Crippen LogP contribution < -0.4 is 5.32 Å². The Kier molecular flexibility index (Phi) is 3.57. The molecule has 0 unspecified atom stereocenters. The molecule has 2 rings (SSSR count). The van der Waals surface area contributed by atoms with E-state index < -0.39 is 17.9 Å². The number of carbonyl (C=O) groups is 3. The van der Waals surface area contributed by atoms with Crippen LogP contribution in [0.15, 0.2) is 30.3 Å². The molecule has 18 heavy (non-hydrogen) atoms. The van der Waals surface area contributed by atoms with Crippen molar-refractivity contribution in [1.82, 2.24) is 10.2 Å². The van der Waals surface area contributed by atoms with Crippen LogP contribution in [0.2, 0.25) is 0 Å². The van der Waals surface area contributed by atoms with E-state index in [2.05, 4.69) is 5.32 Å². The minimum Gasteiger partial charge on any atom is -0.459 e. The average Bonchev–Trinajstić information content (AvgIpc) is 2.69. The molecule has 1 aromatic carbocycles. The maximum absolute atomic E-state index is 11.5. The van der Waals surface area contributed by atoms with E-state index in [1.807, 2.05) is 30.3 Å². The normalized spacial score (nSPS) is 14.6. The van der Waals surface area contributed by atoms with Crippen LogP contribution in [-0.2, 0) is 20.9 Å². The van der Waals surface area contributed by atoms with Gasteiger partial charge in [0.1, 0.15) is 13.2 Å². The van der Waals surface area contributed by atoms with E-state index in [4.69, 9.17) is 4.74 Å². The van der Waals surface area contributed by atoms with Gasteiger partial charge in [-0.2, -0.15) is 0 Å². The highest BCUT2D eigenvalue weighted by molar-refractivity contribution is 6.04. The molecule has 1 saturated heterocycles. The smallest absolute Gasteiger partial charge is 0.326 e. The fourth-order valence-electron chi connectivity index (χ4n) is 1.53. The van der Waals surface area contributed by atoms with Gasteiger partial charge in [0, 0.05) is 0 Å². The molecule has 0 aliphatic carbocycles. The summed E-state index contributed by atoms with van der Waals surface area (Å²) in [5.41, 5.74) is 0.850. The Hall–Kier alpha value is -2.37. The Morgan fingerprint density at radius 2 is 2.00 bits per heavy atom. The standard InChI is InChI=1S/C12H12N2O4/c15-10-6-13-12(17)14(10)7-11(16)18-8-9-4-2-1-3-5-9/h1-5H,6-8H2,(H,13,17). The molecule has 1 N–H and O–H groups in total. The summed E-state index contributed by atoms with van der Waals surface area (Å²) in [4.78, 5) is 34.7. The molecule has 1 aromatic rings. The molecule has 0 aromatic heterocycles. The molecule has 0 atom stereocenters. The largest absolute Gasteiger partial charge is 0.459 e. The second-order valence-corrected chi connectivity index (χ2v) is 3.78. The van der Waals surface area contributed by atoms with E-state index in [-0.39, 0.29) is 19.7 Å². The number of esters is 1. The van der Waals surface area contributed by atoms with Crippen molar-refractivity contribution in [2.75, 3.05) is 13.1 Å². The second kappa shape index (κ2) is 5.31. The zero-order chi connectivity index (χ0) is 13.0. The average molecular weight is 248 g/mol. The van der Waals surface area contributed by atoms with Crippen molar-refractivity contribution in [3.63, 3.8) is 0 Å². The number of rotatable bonds is 4. The Morgan fingerprint density at radius 3 is 2.61 bits per heavy atom. The number of hydrogen-bond acceptors (Lipinski definition) is 4. The number of imide groups is 1. The first-order valence-electron chi connectivity index (χ1n) is 5.44. The number of amides is 3. The van der Waals surface area contributed by atoms with E-state index in [0.717, 1.165) is 10.5 Å². The maximum atomic E-state index is 11.5. The summed E-state index contributed by atoms with van der Waals surface area (Å²) >= 11 is 0. The first kappa shape index (κ1) is 12.1. The highest BCUT2D eigenvalue weighted by Gasteiger charge is 2.30. The quantitative estimate of drug-likeness (QED) is 0.613. The lowest BCUT2D eigenvalue weighted by molar-refractivity contribution is -0.147. The van der Waals surface area contributed by atoms with Gasteiger partial charge in [-0.3, -0.25) is 14.5 Å². The first-order valence-corrected chi connectivity index (χ1v) is 5.44. The minimum absolute atomic E-state index is 0.0647. The second-order valence-electron chi connectivity index (χ2n) is 3.78. The monoisotopic (exact) mass is 248 g/mol. The van der Waals surface area contributed by atoms with Crippen LogP contribution in [0.4, 0.5) is 4.79 Å². The molecular weight excluding hydrogens is 236 g/mol. The molecule has 1 aliphatic rings. The molecule has 94 valence electrons. The third-order valence-electron chi connectivity index (χ3n) is 2.47. The Morgan fingerprint density at radius 1 is 1.28 bits per heavy atom. The number of carbonyl (C=O) groups excluding carboxylic acids is 3. The van der Waals surface area contributed by atoms with Crippen molar-refractivity contribution in [3.05, 3.63) is 35.9 Å². The van der Waals surface area contributed by atoms with Crippen molar-refractivity contribution < 1.29 is 19.1 Å². The predicted octanol–water partition coefficient (Wildman–Crippen LogP) is 0.282. The maximum Gasteiger partial charge on any atom is 0.326 e. The van der Waals surface area contributed by atoms with Crippen molar-refractivity contribution in [3.8, 4) is 0 Å². The number of nitrogens with zero attached hydrogens (tertiary/aromatic N) is 1. The fraction of sp³-hybridized carbons (Fsp3) is 0.250. The lowest BCUT2D eigenvalue weighted by Crippen LogP contribution is -2.36. The molecule has 0 spiro atoms. The Labute approximate surface area is 104 Å². The third-order valence-corrected chi connectivity index (χ3v) is 2.47. The molecule has 1 heterocycles. The van der Waals surface area contributed by atoms with Gasteiger partial charge in [0.25, 0.3) is 5.91 Å². The highest BCUT2D eigenvalue weighted by atomic mass is 16.5. The van der Waals surface area contributed by atoms with E-state index in [9.17, 15) is 14.4 Å².